The lowest BCUT2D eigenvalue weighted by atomic mass is 10.0. The van der Waals surface area contributed by atoms with Gasteiger partial charge in [0.15, 0.2) is 5.69 Å². The molecule has 1 aromatic heterocycles. The van der Waals surface area contributed by atoms with Crippen LogP contribution in [-0.2, 0) is 50.0 Å². The van der Waals surface area contributed by atoms with Crippen molar-refractivity contribution in [2.45, 2.75) is 63.6 Å². The van der Waals surface area contributed by atoms with Gasteiger partial charge >= 0.3 is 12.1 Å². The van der Waals surface area contributed by atoms with Crippen molar-refractivity contribution in [3.8, 4) is 16.9 Å². The molecular formula is C26H26F3N3O5S. The topological polar surface area (TPSA) is 107 Å². The number of amides is 1. The summed E-state index contributed by atoms with van der Waals surface area (Å²) in [6.07, 6.45) is -2.07. The number of aryl methyl sites for hydroxylation is 2. The zero-order chi connectivity index (χ0) is 27.7. The van der Waals surface area contributed by atoms with Crippen LogP contribution in [0.25, 0.3) is 16.9 Å². The van der Waals surface area contributed by atoms with Crippen LogP contribution in [0.5, 0.6) is 0 Å². The maximum atomic E-state index is 13.7. The highest BCUT2D eigenvalue weighted by Crippen LogP contribution is 2.35. The summed E-state index contributed by atoms with van der Waals surface area (Å²) in [6.45, 7) is 2.57. The molecule has 1 N–H and O–H groups in total. The number of alkyl halides is 3. The molecule has 3 aromatic rings. The number of rotatable bonds is 8. The number of carbonyl (C=O) groups excluding carboxylic acids is 2. The van der Waals surface area contributed by atoms with E-state index in [9.17, 15) is 31.2 Å². The molecule has 202 valence electrons. The van der Waals surface area contributed by atoms with Crippen molar-refractivity contribution in [3.63, 3.8) is 0 Å². The molecule has 2 aromatic carbocycles. The Morgan fingerprint density at radius 2 is 1.76 bits per heavy atom. The molecule has 1 aliphatic rings. The van der Waals surface area contributed by atoms with Crippen LogP contribution >= 0.6 is 0 Å². The van der Waals surface area contributed by atoms with E-state index in [-0.39, 0.29) is 34.7 Å². The van der Waals surface area contributed by atoms with E-state index < -0.39 is 40.4 Å². The highest BCUT2D eigenvalue weighted by Gasteiger charge is 2.35. The lowest BCUT2D eigenvalue weighted by Gasteiger charge is -2.15. The fourth-order valence-electron chi connectivity index (χ4n) is 4.26. The van der Waals surface area contributed by atoms with Gasteiger partial charge in [0.05, 0.1) is 16.3 Å². The van der Waals surface area contributed by atoms with E-state index in [1.54, 1.807) is 13.0 Å². The number of halogens is 3. The van der Waals surface area contributed by atoms with E-state index >= 15 is 0 Å². The Morgan fingerprint density at radius 1 is 1.03 bits per heavy atom. The van der Waals surface area contributed by atoms with Crippen molar-refractivity contribution in [2.75, 3.05) is 0 Å². The predicted octanol–water partition coefficient (Wildman–Crippen LogP) is 4.71. The number of hydrogen-bond donors (Lipinski definition) is 1. The second-order valence-corrected chi connectivity index (χ2v) is 10.5. The van der Waals surface area contributed by atoms with Crippen LogP contribution in [0.1, 0.15) is 55.5 Å². The summed E-state index contributed by atoms with van der Waals surface area (Å²) in [6, 6.07) is 10.2. The highest BCUT2D eigenvalue weighted by molar-refractivity contribution is 7.90. The quantitative estimate of drug-likeness (QED) is 0.408. The number of aromatic nitrogens is 2. The Balaban J connectivity index is 1.86. The monoisotopic (exact) mass is 549 g/mol. The van der Waals surface area contributed by atoms with Gasteiger partial charge in [0.25, 0.3) is 10.0 Å². The number of fused-ring (bicyclic) bond motifs is 1. The average molecular weight is 550 g/mol. The number of esters is 1. The first kappa shape index (κ1) is 27.4. The fraction of sp³-hybridized carbons (Fsp3) is 0.346. The number of benzene rings is 2. The van der Waals surface area contributed by atoms with Crippen LogP contribution in [-0.4, -0.2) is 30.1 Å². The Labute approximate surface area is 217 Å². The van der Waals surface area contributed by atoms with Crippen molar-refractivity contribution in [3.05, 3.63) is 64.8 Å². The number of hydrogen-bond acceptors (Lipinski definition) is 6. The molecule has 1 heterocycles. The van der Waals surface area contributed by atoms with E-state index in [0.717, 1.165) is 47.2 Å². The van der Waals surface area contributed by atoms with Crippen LogP contribution in [0.2, 0.25) is 0 Å². The van der Waals surface area contributed by atoms with E-state index in [4.69, 9.17) is 4.74 Å². The minimum Gasteiger partial charge on any atom is -0.461 e. The van der Waals surface area contributed by atoms with Crippen molar-refractivity contribution in [1.29, 1.82) is 0 Å². The van der Waals surface area contributed by atoms with Gasteiger partial charge in [-0.1, -0.05) is 26.0 Å². The molecule has 12 heteroatoms. The molecule has 0 bridgehead atoms. The lowest BCUT2D eigenvalue weighted by Crippen LogP contribution is -2.30. The van der Waals surface area contributed by atoms with Crippen LogP contribution in [0.4, 0.5) is 13.2 Å². The zero-order valence-corrected chi connectivity index (χ0v) is 21.6. The number of sulfonamides is 1. The molecular weight excluding hydrogens is 523 g/mol. The van der Waals surface area contributed by atoms with Crippen LogP contribution in [0.3, 0.4) is 0 Å². The summed E-state index contributed by atoms with van der Waals surface area (Å²) < 4.78 is 74.9. The largest absolute Gasteiger partial charge is 0.461 e. The van der Waals surface area contributed by atoms with Gasteiger partial charge < -0.3 is 4.74 Å². The lowest BCUT2D eigenvalue weighted by molar-refractivity contribution is -0.144. The van der Waals surface area contributed by atoms with Gasteiger partial charge in [0.1, 0.15) is 6.61 Å². The molecule has 0 saturated carbocycles. The Kier molecular flexibility index (Phi) is 7.63. The SMILES string of the molecule is CCC(=O)NS(=O)(=O)c1ccc(-n2nc(C(F)(F)F)cc2-c2ccc3c(c2)CCC3)cc1COC(=O)CC. The third kappa shape index (κ3) is 5.74. The maximum absolute atomic E-state index is 13.7. The molecule has 0 atom stereocenters. The van der Waals surface area contributed by atoms with Crippen LogP contribution < -0.4 is 4.72 Å². The zero-order valence-electron chi connectivity index (χ0n) is 20.8. The van der Waals surface area contributed by atoms with Crippen molar-refractivity contribution in [1.82, 2.24) is 14.5 Å². The summed E-state index contributed by atoms with van der Waals surface area (Å²) in [4.78, 5) is 23.2. The first-order valence-corrected chi connectivity index (χ1v) is 13.5. The smallest absolute Gasteiger partial charge is 0.435 e. The fourth-order valence-corrected chi connectivity index (χ4v) is 5.53. The summed E-state index contributed by atoms with van der Waals surface area (Å²) in [5, 5.41) is 3.79. The van der Waals surface area contributed by atoms with Gasteiger partial charge in [0, 0.05) is 24.0 Å². The molecule has 1 amide bonds. The summed E-state index contributed by atoms with van der Waals surface area (Å²) in [5.74, 6) is -1.35. The first-order chi connectivity index (χ1) is 17.9. The summed E-state index contributed by atoms with van der Waals surface area (Å²) in [7, 11) is -4.34. The highest BCUT2D eigenvalue weighted by atomic mass is 32.2. The number of ether oxygens (including phenoxy) is 1. The molecule has 0 saturated heterocycles. The number of nitrogens with one attached hydrogen (secondary N) is 1. The first-order valence-electron chi connectivity index (χ1n) is 12.1. The standard InChI is InChI=1S/C26H26F3N3O5S/c1-3-24(33)31-38(35,36)22-11-10-20(13-19(22)15-37-25(34)4-2)32-21(14-23(30-32)26(27,28)29)18-9-8-16-6-5-7-17(16)12-18/h8-14H,3-7,15H2,1-2H3,(H,31,33). The molecule has 0 unspecified atom stereocenters. The van der Waals surface area contributed by atoms with Gasteiger partial charge in [0.2, 0.25) is 5.91 Å². The molecule has 0 spiro atoms. The summed E-state index contributed by atoms with van der Waals surface area (Å²) in [5.41, 5.74) is 1.89. The van der Waals surface area contributed by atoms with E-state index in [2.05, 4.69) is 5.10 Å². The van der Waals surface area contributed by atoms with Gasteiger partial charge in [-0.15, -0.1) is 0 Å². The molecule has 1 aliphatic carbocycles. The molecule has 8 nitrogen and oxygen atoms in total. The average Bonchev–Trinajstić information content (AvgIpc) is 3.53. The summed E-state index contributed by atoms with van der Waals surface area (Å²) >= 11 is 0. The van der Waals surface area contributed by atoms with E-state index in [1.165, 1.54) is 19.1 Å². The van der Waals surface area contributed by atoms with Crippen LogP contribution in [0.15, 0.2) is 47.4 Å². The second kappa shape index (κ2) is 10.6. The maximum Gasteiger partial charge on any atom is 0.435 e. The molecule has 38 heavy (non-hydrogen) atoms. The normalized spacial score (nSPS) is 13.3. The minimum absolute atomic E-state index is 0.0235. The number of nitrogens with zero attached hydrogens (tertiary/aromatic N) is 2. The Bertz CT molecular complexity index is 1500. The second-order valence-electron chi connectivity index (χ2n) is 8.85. The van der Waals surface area contributed by atoms with Gasteiger partial charge in [-0.3, -0.25) is 9.59 Å². The third-order valence-electron chi connectivity index (χ3n) is 6.22. The molecule has 0 aliphatic heterocycles. The van der Waals surface area contributed by atoms with Gasteiger partial charge in [-0.2, -0.15) is 18.3 Å². The van der Waals surface area contributed by atoms with Gasteiger partial charge in [-0.25, -0.2) is 17.8 Å². The van der Waals surface area contributed by atoms with Crippen molar-refractivity contribution >= 4 is 21.9 Å². The predicted molar refractivity (Wildman–Crippen MR) is 132 cm³/mol. The Hall–Kier alpha value is -3.67. The van der Waals surface area contributed by atoms with Gasteiger partial charge in [-0.05, 0) is 60.7 Å². The van der Waals surface area contributed by atoms with Crippen LogP contribution in [0, 0.1) is 0 Å². The van der Waals surface area contributed by atoms with Crippen molar-refractivity contribution < 1.29 is 35.9 Å². The van der Waals surface area contributed by atoms with E-state index in [1.807, 2.05) is 16.9 Å². The van der Waals surface area contributed by atoms with E-state index in [0.29, 0.717) is 5.56 Å². The molecule has 0 radical (unpaired) electrons. The molecule has 0 fully saturated rings. The number of carbonyl (C=O) groups is 2. The Morgan fingerprint density at radius 3 is 2.45 bits per heavy atom. The third-order valence-corrected chi connectivity index (χ3v) is 7.69. The minimum atomic E-state index is -4.72. The van der Waals surface area contributed by atoms with Crippen molar-refractivity contribution in [2.24, 2.45) is 0 Å². The molecule has 4 rings (SSSR count).